The van der Waals surface area contributed by atoms with Gasteiger partial charge >= 0.3 is 0 Å². The molecule has 2 aliphatic heterocycles. The van der Waals surface area contributed by atoms with E-state index in [-0.39, 0.29) is 5.91 Å². The highest BCUT2D eigenvalue weighted by atomic mass is 32.1. The fourth-order valence-electron chi connectivity index (χ4n) is 3.74. The minimum atomic E-state index is 0.0821. The number of carbonyl (C=O) groups excluding carboxylic acids is 1. The highest BCUT2D eigenvalue weighted by molar-refractivity contribution is 7.13. The van der Waals surface area contributed by atoms with Crippen LogP contribution in [0.2, 0.25) is 0 Å². The minimum Gasteiger partial charge on any atom is -0.462 e. The van der Waals surface area contributed by atoms with E-state index in [1.165, 1.54) is 37.1 Å². The molecular formula is C17H21N3O2S. The average Bonchev–Trinajstić information content (AvgIpc) is 3.27. The lowest BCUT2D eigenvalue weighted by Gasteiger charge is -2.32. The molecule has 1 N–H and O–H groups in total. The van der Waals surface area contributed by atoms with Gasteiger partial charge in [-0.3, -0.25) is 9.69 Å². The second-order valence-electron chi connectivity index (χ2n) is 6.36. The molecule has 5 nitrogen and oxygen atoms in total. The number of piperidine rings is 1. The topological polar surface area (TPSA) is 58.4 Å². The normalized spacial score (nSPS) is 24.5. The van der Waals surface area contributed by atoms with Crippen LogP contribution >= 0.6 is 11.3 Å². The molecule has 2 saturated heterocycles. The van der Waals surface area contributed by atoms with Gasteiger partial charge in [0.1, 0.15) is 0 Å². The lowest BCUT2D eigenvalue weighted by Crippen LogP contribution is -2.47. The number of rotatable bonds is 4. The molecule has 2 atom stereocenters. The highest BCUT2D eigenvalue weighted by Gasteiger charge is 2.36. The number of aromatic nitrogens is 1. The molecule has 6 heteroatoms. The van der Waals surface area contributed by atoms with Crippen LogP contribution in [0.1, 0.15) is 31.4 Å². The average molecular weight is 331 g/mol. The molecule has 4 heterocycles. The molecule has 2 aromatic heterocycles. The zero-order valence-corrected chi connectivity index (χ0v) is 13.8. The number of carbonyl (C=O) groups is 1. The van der Waals surface area contributed by atoms with E-state index in [1.807, 2.05) is 17.5 Å². The number of thiazole rings is 1. The Morgan fingerprint density at radius 2 is 2.35 bits per heavy atom. The van der Waals surface area contributed by atoms with Crippen LogP contribution in [-0.4, -0.2) is 41.0 Å². The van der Waals surface area contributed by atoms with Crippen molar-refractivity contribution in [3.05, 3.63) is 29.5 Å². The van der Waals surface area contributed by atoms with Crippen LogP contribution in [0.5, 0.6) is 0 Å². The number of fused-ring (bicyclic) bond motifs is 1. The molecule has 2 fully saturated rings. The van der Waals surface area contributed by atoms with Crippen molar-refractivity contribution in [2.75, 3.05) is 13.1 Å². The summed E-state index contributed by atoms with van der Waals surface area (Å²) in [6, 6.07) is 4.59. The summed E-state index contributed by atoms with van der Waals surface area (Å²) < 4.78 is 5.35. The van der Waals surface area contributed by atoms with Gasteiger partial charge in [-0.2, -0.15) is 0 Å². The molecule has 122 valence electrons. The van der Waals surface area contributed by atoms with Gasteiger partial charge in [0.25, 0.3) is 0 Å². The molecule has 2 aromatic rings. The fourth-order valence-corrected chi connectivity index (χ4v) is 4.53. The number of nitrogens with one attached hydrogen (secondary N) is 1. The zero-order chi connectivity index (χ0) is 15.6. The Bertz CT molecular complexity index is 667. The van der Waals surface area contributed by atoms with E-state index in [9.17, 15) is 4.79 Å². The molecule has 0 aromatic carbocycles. The van der Waals surface area contributed by atoms with Gasteiger partial charge in [-0.15, -0.1) is 11.3 Å². The van der Waals surface area contributed by atoms with Crippen molar-refractivity contribution >= 4 is 17.2 Å². The highest BCUT2D eigenvalue weighted by Crippen LogP contribution is 2.27. The summed E-state index contributed by atoms with van der Waals surface area (Å²) in [5.74, 6) is 0.842. The summed E-state index contributed by atoms with van der Waals surface area (Å²) in [7, 11) is 0. The summed E-state index contributed by atoms with van der Waals surface area (Å²) >= 11 is 1.52. The van der Waals surface area contributed by atoms with Crippen LogP contribution in [0.25, 0.3) is 10.8 Å². The molecule has 0 unspecified atom stereocenters. The van der Waals surface area contributed by atoms with Gasteiger partial charge in [0.05, 0.1) is 18.4 Å². The van der Waals surface area contributed by atoms with Gasteiger partial charge < -0.3 is 9.73 Å². The Morgan fingerprint density at radius 1 is 1.39 bits per heavy atom. The second-order valence-corrected chi connectivity index (χ2v) is 7.22. The molecule has 23 heavy (non-hydrogen) atoms. The SMILES string of the molecule is O=C(Cc1csc(-c2ccco2)n1)N[C@H]1CCN2CCCC[C@H]12. The fraction of sp³-hybridized carbons (Fsp3) is 0.529. The Balaban J connectivity index is 1.35. The van der Waals surface area contributed by atoms with Crippen molar-refractivity contribution in [2.45, 2.75) is 44.2 Å². The molecule has 0 saturated carbocycles. The van der Waals surface area contributed by atoms with E-state index in [1.54, 1.807) is 6.26 Å². The first-order chi connectivity index (χ1) is 11.3. The van der Waals surface area contributed by atoms with Crippen LogP contribution in [0, 0.1) is 0 Å². The predicted molar refractivity (Wildman–Crippen MR) is 89.3 cm³/mol. The van der Waals surface area contributed by atoms with Crippen LogP contribution in [0.15, 0.2) is 28.2 Å². The summed E-state index contributed by atoms with van der Waals surface area (Å²) in [5, 5.41) is 6.01. The standard InChI is InChI=1S/C17H21N3O2S/c21-16(19-13-6-8-20-7-2-1-4-14(13)20)10-12-11-23-17(18-12)15-5-3-9-22-15/h3,5,9,11,13-14H,1-2,4,6-8,10H2,(H,19,21)/t13-,14+/m0/s1. The Hall–Kier alpha value is -1.66. The minimum absolute atomic E-state index is 0.0821. The van der Waals surface area contributed by atoms with Gasteiger partial charge in [0.2, 0.25) is 5.91 Å². The van der Waals surface area contributed by atoms with Crippen molar-refractivity contribution in [1.29, 1.82) is 0 Å². The Labute approximate surface area is 139 Å². The van der Waals surface area contributed by atoms with Crippen LogP contribution < -0.4 is 5.32 Å². The summed E-state index contributed by atoms with van der Waals surface area (Å²) in [5.41, 5.74) is 0.817. The third-order valence-corrected chi connectivity index (χ3v) is 5.73. The van der Waals surface area contributed by atoms with Crippen molar-refractivity contribution in [3.8, 4) is 10.8 Å². The van der Waals surface area contributed by atoms with E-state index in [4.69, 9.17) is 4.42 Å². The van der Waals surface area contributed by atoms with Crippen LogP contribution in [0.4, 0.5) is 0 Å². The van der Waals surface area contributed by atoms with Gasteiger partial charge in [-0.1, -0.05) is 6.42 Å². The zero-order valence-electron chi connectivity index (χ0n) is 13.0. The van der Waals surface area contributed by atoms with E-state index >= 15 is 0 Å². The van der Waals surface area contributed by atoms with E-state index in [2.05, 4.69) is 15.2 Å². The predicted octanol–water partition coefficient (Wildman–Crippen LogP) is 2.69. The lowest BCUT2D eigenvalue weighted by atomic mass is 9.99. The van der Waals surface area contributed by atoms with Crippen LogP contribution in [0.3, 0.4) is 0 Å². The van der Waals surface area contributed by atoms with Crippen molar-refractivity contribution in [2.24, 2.45) is 0 Å². The van der Waals surface area contributed by atoms with Gasteiger partial charge in [0, 0.05) is 24.0 Å². The molecule has 0 aliphatic carbocycles. The molecule has 0 spiro atoms. The first-order valence-electron chi connectivity index (χ1n) is 8.31. The summed E-state index contributed by atoms with van der Waals surface area (Å²) in [6.07, 6.45) is 6.85. The third-order valence-electron chi connectivity index (χ3n) is 4.83. The van der Waals surface area contributed by atoms with E-state index in [0.29, 0.717) is 18.5 Å². The molecule has 2 aliphatic rings. The Kier molecular flexibility index (Phi) is 4.18. The quantitative estimate of drug-likeness (QED) is 0.936. The van der Waals surface area contributed by atoms with Crippen molar-refractivity contribution < 1.29 is 9.21 Å². The van der Waals surface area contributed by atoms with Crippen LogP contribution in [-0.2, 0) is 11.2 Å². The summed E-state index contributed by atoms with van der Waals surface area (Å²) in [4.78, 5) is 19.4. The maximum absolute atomic E-state index is 12.4. The first-order valence-corrected chi connectivity index (χ1v) is 9.19. The van der Waals surface area contributed by atoms with Gasteiger partial charge in [0.15, 0.2) is 10.8 Å². The largest absolute Gasteiger partial charge is 0.462 e. The maximum atomic E-state index is 12.4. The van der Waals surface area contributed by atoms with Crippen molar-refractivity contribution in [1.82, 2.24) is 15.2 Å². The number of hydrogen-bond donors (Lipinski definition) is 1. The maximum Gasteiger partial charge on any atom is 0.226 e. The molecular weight excluding hydrogens is 310 g/mol. The van der Waals surface area contributed by atoms with E-state index in [0.717, 1.165) is 29.4 Å². The molecule has 0 bridgehead atoms. The molecule has 1 amide bonds. The molecule has 0 radical (unpaired) electrons. The van der Waals surface area contributed by atoms with E-state index < -0.39 is 0 Å². The number of nitrogens with zero attached hydrogens (tertiary/aromatic N) is 2. The molecule has 4 rings (SSSR count). The number of hydrogen-bond acceptors (Lipinski definition) is 5. The third kappa shape index (κ3) is 3.19. The van der Waals surface area contributed by atoms with Gasteiger partial charge in [-0.25, -0.2) is 4.98 Å². The Morgan fingerprint density at radius 3 is 3.22 bits per heavy atom. The van der Waals surface area contributed by atoms with Crippen molar-refractivity contribution in [3.63, 3.8) is 0 Å². The van der Waals surface area contributed by atoms with Gasteiger partial charge in [-0.05, 0) is 37.9 Å². The smallest absolute Gasteiger partial charge is 0.226 e. The number of furan rings is 1. The number of amides is 1. The first kappa shape index (κ1) is 14.9. The second kappa shape index (κ2) is 6.45. The monoisotopic (exact) mass is 331 g/mol. The summed E-state index contributed by atoms with van der Waals surface area (Å²) in [6.45, 7) is 2.31. The lowest BCUT2D eigenvalue weighted by molar-refractivity contribution is -0.121.